The lowest BCUT2D eigenvalue weighted by molar-refractivity contribution is 0.259. The number of amides is 2. The van der Waals surface area contributed by atoms with Crippen molar-refractivity contribution in [2.24, 2.45) is 11.7 Å². The number of nitrogens with one attached hydrogen (secondary N) is 1. The van der Waals surface area contributed by atoms with Gasteiger partial charge in [-0.05, 0) is 36.3 Å². The molecule has 134 valence electrons. The predicted molar refractivity (Wildman–Crippen MR) is 108 cm³/mol. The molecule has 2 aromatic heterocycles. The van der Waals surface area contributed by atoms with E-state index in [0.29, 0.717) is 16.9 Å². The highest BCUT2D eigenvalue weighted by Crippen LogP contribution is 2.41. The highest BCUT2D eigenvalue weighted by Gasteiger charge is 2.24. The Bertz CT molecular complexity index is 955. The number of aryl methyl sites for hydroxylation is 1. The molecule has 0 saturated carbocycles. The average Bonchev–Trinajstić information content (AvgIpc) is 2.98. The van der Waals surface area contributed by atoms with E-state index in [4.69, 9.17) is 10.7 Å². The van der Waals surface area contributed by atoms with Crippen LogP contribution in [0.2, 0.25) is 0 Å². The van der Waals surface area contributed by atoms with Gasteiger partial charge in [-0.2, -0.15) is 0 Å². The maximum Gasteiger partial charge on any atom is 0.317 e. The number of aromatic nitrogens is 2. The number of hydrogen-bond acceptors (Lipinski definition) is 5. The summed E-state index contributed by atoms with van der Waals surface area (Å²) in [6.07, 6.45) is 3.22. The van der Waals surface area contributed by atoms with Crippen molar-refractivity contribution < 1.29 is 4.79 Å². The summed E-state index contributed by atoms with van der Waals surface area (Å²) in [6.45, 7) is 2.28. The van der Waals surface area contributed by atoms with Crippen LogP contribution in [0.1, 0.15) is 29.3 Å². The second-order valence-electron chi connectivity index (χ2n) is 6.65. The maximum atomic E-state index is 11.5. The lowest BCUT2D eigenvalue weighted by atomic mass is 9.89. The zero-order valence-electron chi connectivity index (χ0n) is 14.5. The summed E-state index contributed by atoms with van der Waals surface area (Å²) in [6, 6.07) is 9.62. The quantitative estimate of drug-likeness (QED) is 0.509. The van der Waals surface area contributed by atoms with E-state index >= 15 is 0 Å². The number of nitrogens with two attached hydrogens (primary N) is 1. The number of thioether (sulfide) groups is 1. The topological polar surface area (TPSA) is 80.9 Å². The Morgan fingerprint density at radius 2 is 2.15 bits per heavy atom. The normalized spacial score (nSPS) is 16.4. The molecular weight excluding hydrogens is 364 g/mol. The van der Waals surface area contributed by atoms with Crippen molar-refractivity contribution in [3.63, 3.8) is 0 Å². The Balaban J connectivity index is 1.72. The molecule has 26 heavy (non-hydrogen) atoms. The largest absolute Gasteiger partial charge is 0.351 e. The second-order valence-corrected chi connectivity index (χ2v) is 8.68. The third kappa shape index (κ3) is 3.54. The number of fused-ring (bicyclic) bond motifs is 3. The molecule has 4 rings (SSSR count). The van der Waals surface area contributed by atoms with Crippen molar-refractivity contribution in [3.05, 3.63) is 46.3 Å². The number of primary amides is 1. The number of thiophene rings is 1. The molecule has 0 spiro atoms. The van der Waals surface area contributed by atoms with Crippen LogP contribution in [0.5, 0.6) is 0 Å². The number of anilines is 1. The smallest absolute Gasteiger partial charge is 0.317 e. The SMILES string of the molecule is CC1CCc2c(sc3nc(SCc4ccccc4)nc(NC(N)=O)c23)C1. The number of carbonyl (C=O) groups is 1. The van der Waals surface area contributed by atoms with E-state index in [1.807, 2.05) is 18.2 Å². The summed E-state index contributed by atoms with van der Waals surface area (Å²) >= 11 is 3.29. The monoisotopic (exact) mass is 384 g/mol. The summed E-state index contributed by atoms with van der Waals surface area (Å²) in [5.41, 5.74) is 7.88. The number of rotatable bonds is 4. The summed E-state index contributed by atoms with van der Waals surface area (Å²) in [7, 11) is 0. The van der Waals surface area contributed by atoms with E-state index in [9.17, 15) is 4.79 Å². The lowest BCUT2D eigenvalue weighted by Gasteiger charge is -2.18. The van der Waals surface area contributed by atoms with Gasteiger partial charge in [0.15, 0.2) is 5.16 Å². The zero-order chi connectivity index (χ0) is 18.1. The van der Waals surface area contributed by atoms with E-state index in [0.717, 1.165) is 35.2 Å². The maximum absolute atomic E-state index is 11.5. The van der Waals surface area contributed by atoms with E-state index in [2.05, 4.69) is 29.4 Å². The molecule has 0 radical (unpaired) electrons. The molecule has 1 unspecified atom stereocenters. The summed E-state index contributed by atoms with van der Waals surface area (Å²) in [5.74, 6) is 2.01. The highest BCUT2D eigenvalue weighted by atomic mass is 32.2. The van der Waals surface area contributed by atoms with Gasteiger partial charge >= 0.3 is 6.03 Å². The van der Waals surface area contributed by atoms with Gasteiger partial charge < -0.3 is 5.73 Å². The minimum absolute atomic E-state index is 0.546. The summed E-state index contributed by atoms with van der Waals surface area (Å²) in [5, 5.41) is 4.35. The lowest BCUT2D eigenvalue weighted by Crippen LogP contribution is -2.20. The molecule has 1 aromatic carbocycles. The molecule has 0 bridgehead atoms. The Hall–Kier alpha value is -2.12. The van der Waals surface area contributed by atoms with Crippen LogP contribution in [0, 0.1) is 5.92 Å². The van der Waals surface area contributed by atoms with E-state index in [1.54, 1.807) is 23.1 Å². The van der Waals surface area contributed by atoms with E-state index in [1.165, 1.54) is 16.0 Å². The van der Waals surface area contributed by atoms with Gasteiger partial charge in [0.1, 0.15) is 10.6 Å². The van der Waals surface area contributed by atoms with Crippen LogP contribution in [-0.4, -0.2) is 16.0 Å². The van der Waals surface area contributed by atoms with Gasteiger partial charge in [0.2, 0.25) is 0 Å². The first-order valence-electron chi connectivity index (χ1n) is 8.65. The average molecular weight is 385 g/mol. The third-order valence-corrected chi connectivity index (χ3v) is 6.65. The number of carbonyl (C=O) groups excluding carboxylic acids is 1. The Labute approximate surface area is 160 Å². The van der Waals surface area contributed by atoms with Crippen molar-refractivity contribution in [1.82, 2.24) is 9.97 Å². The van der Waals surface area contributed by atoms with Crippen LogP contribution in [-0.2, 0) is 18.6 Å². The first-order valence-corrected chi connectivity index (χ1v) is 10.5. The van der Waals surface area contributed by atoms with Crippen molar-refractivity contribution in [2.45, 2.75) is 37.1 Å². The van der Waals surface area contributed by atoms with Crippen LogP contribution < -0.4 is 11.1 Å². The van der Waals surface area contributed by atoms with Gasteiger partial charge in [-0.1, -0.05) is 49.0 Å². The van der Waals surface area contributed by atoms with Crippen molar-refractivity contribution in [3.8, 4) is 0 Å². The molecule has 1 aliphatic rings. The van der Waals surface area contributed by atoms with Crippen LogP contribution in [0.15, 0.2) is 35.5 Å². The number of hydrogen-bond donors (Lipinski definition) is 2. The third-order valence-electron chi connectivity index (χ3n) is 4.59. The van der Waals surface area contributed by atoms with Gasteiger partial charge in [-0.15, -0.1) is 11.3 Å². The van der Waals surface area contributed by atoms with Crippen LogP contribution in [0.4, 0.5) is 10.6 Å². The number of benzene rings is 1. The Morgan fingerprint density at radius 3 is 2.92 bits per heavy atom. The number of nitrogens with zero attached hydrogens (tertiary/aromatic N) is 2. The van der Waals surface area contributed by atoms with Gasteiger partial charge in [0.05, 0.1) is 5.39 Å². The second kappa shape index (κ2) is 7.25. The fourth-order valence-electron chi connectivity index (χ4n) is 3.32. The molecule has 3 N–H and O–H groups in total. The van der Waals surface area contributed by atoms with Crippen LogP contribution in [0.25, 0.3) is 10.2 Å². The first-order chi connectivity index (χ1) is 12.6. The van der Waals surface area contributed by atoms with Crippen LogP contribution >= 0.6 is 23.1 Å². The van der Waals surface area contributed by atoms with Crippen molar-refractivity contribution in [2.75, 3.05) is 5.32 Å². The molecule has 1 atom stereocenters. The molecule has 0 saturated heterocycles. The molecule has 7 heteroatoms. The Morgan fingerprint density at radius 1 is 1.35 bits per heavy atom. The first kappa shape index (κ1) is 17.3. The molecule has 2 amide bonds. The number of urea groups is 1. The highest BCUT2D eigenvalue weighted by molar-refractivity contribution is 7.98. The summed E-state index contributed by atoms with van der Waals surface area (Å²) in [4.78, 5) is 23.2. The minimum Gasteiger partial charge on any atom is -0.351 e. The standard InChI is InChI=1S/C19H20N4OS2/c1-11-7-8-13-14(9-11)26-17-15(13)16(21-18(20)24)22-19(23-17)25-10-12-5-3-2-4-6-12/h2-6,11H,7-10H2,1H3,(H3,20,21,22,23,24). The summed E-state index contributed by atoms with van der Waals surface area (Å²) < 4.78 is 0. The van der Waals surface area contributed by atoms with Gasteiger partial charge in [0, 0.05) is 10.6 Å². The van der Waals surface area contributed by atoms with Gasteiger partial charge in [-0.25, -0.2) is 14.8 Å². The molecular formula is C19H20N4OS2. The fraction of sp³-hybridized carbons (Fsp3) is 0.316. The molecule has 0 fully saturated rings. The predicted octanol–water partition coefficient (Wildman–Crippen LogP) is 4.60. The molecule has 5 nitrogen and oxygen atoms in total. The molecule has 2 heterocycles. The van der Waals surface area contributed by atoms with Gasteiger partial charge in [0.25, 0.3) is 0 Å². The molecule has 0 aliphatic heterocycles. The molecule has 1 aliphatic carbocycles. The minimum atomic E-state index is -0.590. The molecule has 3 aromatic rings. The van der Waals surface area contributed by atoms with Crippen molar-refractivity contribution in [1.29, 1.82) is 0 Å². The fourth-order valence-corrected chi connectivity index (χ4v) is 5.56. The van der Waals surface area contributed by atoms with E-state index in [-0.39, 0.29) is 0 Å². The zero-order valence-corrected chi connectivity index (χ0v) is 16.1. The van der Waals surface area contributed by atoms with Crippen molar-refractivity contribution >= 4 is 45.2 Å². The Kier molecular flexibility index (Phi) is 4.82. The van der Waals surface area contributed by atoms with E-state index < -0.39 is 6.03 Å². The van der Waals surface area contributed by atoms with Crippen LogP contribution in [0.3, 0.4) is 0 Å². The van der Waals surface area contributed by atoms with Gasteiger partial charge in [-0.3, -0.25) is 5.32 Å².